The minimum absolute atomic E-state index is 0.404. The van der Waals surface area contributed by atoms with Crippen molar-refractivity contribution in [3.63, 3.8) is 0 Å². The largest absolute Gasteiger partial charge is 0.317 e. The normalized spacial score (nSPS) is 36.1. The van der Waals surface area contributed by atoms with Gasteiger partial charge in [0.25, 0.3) is 0 Å². The SMILES string of the molecule is CC(C)c1ccc2c(c1)CC[C@@H]1[C@]2(C)CCC[C@]1(C)C1CCNCC1. The van der Waals surface area contributed by atoms with E-state index >= 15 is 0 Å². The van der Waals surface area contributed by atoms with Gasteiger partial charge in [0.1, 0.15) is 0 Å². The van der Waals surface area contributed by atoms with E-state index in [1.54, 1.807) is 11.1 Å². The van der Waals surface area contributed by atoms with Crippen molar-refractivity contribution < 1.29 is 0 Å². The molecule has 1 heterocycles. The van der Waals surface area contributed by atoms with Gasteiger partial charge in [-0.25, -0.2) is 0 Å². The van der Waals surface area contributed by atoms with Crippen LogP contribution in [-0.2, 0) is 11.8 Å². The first-order valence-electron chi connectivity index (χ1n) is 10.8. The topological polar surface area (TPSA) is 12.0 Å². The number of hydrogen-bond acceptors (Lipinski definition) is 1. The van der Waals surface area contributed by atoms with Gasteiger partial charge < -0.3 is 5.32 Å². The van der Waals surface area contributed by atoms with Crippen molar-refractivity contribution in [1.29, 1.82) is 0 Å². The summed E-state index contributed by atoms with van der Waals surface area (Å²) in [5.41, 5.74) is 5.84. The van der Waals surface area contributed by atoms with Crippen molar-refractivity contribution in [2.75, 3.05) is 13.1 Å². The van der Waals surface area contributed by atoms with E-state index in [1.165, 1.54) is 63.6 Å². The molecule has 1 aromatic carbocycles. The second kappa shape index (κ2) is 6.41. The molecule has 138 valence electrons. The summed E-state index contributed by atoms with van der Waals surface area (Å²) in [7, 11) is 0. The molecule has 1 heteroatoms. The van der Waals surface area contributed by atoms with Crippen molar-refractivity contribution >= 4 is 0 Å². The third-order valence-corrected chi connectivity index (χ3v) is 8.36. The van der Waals surface area contributed by atoms with Crippen LogP contribution in [0.2, 0.25) is 0 Å². The molecular formula is C24H37N. The van der Waals surface area contributed by atoms with Crippen LogP contribution < -0.4 is 5.32 Å². The number of piperidine rings is 1. The van der Waals surface area contributed by atoms with Crippen molar-refractivity contribution in [1.82, 2.24) is 5.32 Å². The molecule has 4 rings (SSSR count). The molecule has 1 saturated carbocycles. The van der Waals surface area contributed by atoms with E-state index in [9.17, 15) is 0 Å². The lowest BCUT2D eigenvalue weighted by Gasteiger charge is -2.59. The molecule has 1 aromatic rings. The van der Waals surface area contributed by atoms with Crippen LogP contribution in [0.3, 0.4) is 0 Å². The summed E-state index contributed by atoms with van der Waals surface area (Å²) >= 11 is 0. The first-order valence-corrected chi connectivity index (χ1v) is 10.8. The van der Waals surface area contributed by atoms with E-state index in [4.69, 9.17) is 0 Å². The Morgan fingerprint density at radius 2 is 1.80 bits per heavy atom. The van der Waals surface area contributed by atoms with E-state index in [-0.39, 0.29) is 0 Å². The zero-order valence-electron chi connectivity index (χ0n) is 16.8. The molecule has 2 aliphatic carbocycles. The Morgan fingerprint density at radius 3 is 2.52 bits per heavy atom. The zero-order chi connectivity index (χ0) is 17.7. The van der Waals surface area contributed by atoms with Crippen molar-refractivity contribution in [2.24, 2.45) is 17.3 Å². The summed E-state index contributed by atoms with van der Waals surface area (Å²) in [6.45, 7) is 12.4. The first-order chi connectivity index (χ1) is 11.9. The summed E-state index contributed by atoms with van der Waals surface area (Å²) in [5.74, 6) is 2.44. The Balaban J connectivity index is 1.71. The van der Waals surface area contributed by atoms with E-state index in [2.05, 4.69) is 51.2 Å². The lowest BCUT2D eigenvalue weighted by atomic mass is 9.46. The van der Waals surface area contributed by atoms with Crippen molar-refractivity contribution in [3.05, 3.63) is 34.9 Å². The highest BCUT2D eigenvalue weighted by atomic mass is 14.9. The van der Waals surface area contributed by atoms with Crippen LogP contribution in [0.25, 0.3) is 0 Å². The van der Waals surface area contributed by atoms with E-state index in [1.807, 2.05) is 0 Å². The molecule has 0 aromatic heterocycles. The van der Waals surface area contributed by atoms with Crippen molar-refractivity contribution in [2.45, 2.75) is 84.0 Å². The number of aryl methyl sites for hydroxylation is 1. The second-order valence-electron chi connectivity index (χ2n) is 9.96. The molecule has 2 fully saturated rings. The summed E-state index contributed by atoms with van der Waals surface area (Å²) in [4.78, 5) is 0. The maximum atomic E-state index is 3.58. The first kappa shape index (κ1) is 17.6. The zero-order valence-corrected chi connectivity index (χ0v) is 16.8. The molecule has 1 saturated heterocycles. The van der Waals surface area contributed by atoms with Crippen LogP contribution in [0.1, 0.15) is 88.8 Å². The fourth-order valence-corrected chi connectivity index (χ4v) is 6.89. The maximum Gasteiger partial charge on any atom is -0.00389 e. The molecule has 0 radical (unpaired) electrons. The van der Waals surface area contributed by atoms with E-state index < -0.39 is 0 Å². The highest BCUT2D eigenvalue weighted by Crippen LogP contribution is 2.61. The molecule has 3 atom stereocenters. The fraction of sp³-hybridized carbons (Fsp3) is 0.750. The fourth-order valence-electron chi connectivity index (χ4n) is 6.89. The number of benzene rings is 1. The monoisotopic (exact) mass is 339 g/mol. The lowest BCUT2D eigenvalue weighted by molar-refractivity contribution is -0.0324. The van der Waals surface area contributed by atoms with Crippen LogP contribution in [0.15, 0.2) is 18.2 Å². The average molecular weight is 340 g/mol. The minimum atomic E-state index is 0.404. The Bertz CT molecular complexity index is 627. The van der Waals surface area contributed by atoms with Crippen LogP contribution in [0, 0.1) is 17.3 Å². The molecule has 1 N–H and O–H groups in total. The van der Waals surface area contributed by atoms with Gasteiger partial charge in [-0.3, -0.25) is 0 Å². The Labute approximate surface area is 155 Å². The van der Waals surface area contributed by atoms with Gasteiger partial charge in [-0.05, 0) is 96.9 Å². The smallest absolute Gasteiger partial charge is 0.00389 e. The second-order valence-corrected chi connectivity index (χ2v) is 9.96. The minimum Gasteiger partial charge on any atom is -0.317 e. The third kappa shape index (κ3) is 2.78. The third-order valence-electron chi connectivity index (χ3n) is 8.36. The van der Waals surface area contributed by atoms with E-state index in [0.717, 1.165) is 11.8 Å². The van der Waals surface area contributed by atoms with Crippen LogP contribution >= 0.6 is 0 Å². The quantitative estimate of drug-likeness (QED) is 0.716. The van der Waals surface area contributed by atoms with Gasteiger partial charge in [0, 0.05) is 0 Å². The molecule has 1 nitrogen and oxygen atoms in total. The summed E-state index contributed by atoms with van der Waals surface area (Å²) in [6, 6.07) is 7.48. The molecule has 0 bridgehead atoms. The standard InChI is InChI=1S/C24H37N/c1-17(2)18-6-8-21-19(16-18)7-9-22-23(3,12-5-13-24(21,22)4)20-10-14-25-15-11-20/h6,8,16-17,20,22,25H,5,7,9-15H2,1-4H3/t22-,23+,24+/m0/s1. The summed E-state index contributed by atoms with van der Waals surface area (Å²) in [6.07, 6.45) is 9.76. The summed E-state index contributed by atoms with van der Waals surface area (Å²) < 4.78 is 0. The molecule has 0 unspecified atom stereocenters. The van der Waals surface area contributed by atoms with E-state index in [0.29, 0.717) is 16.7 Å². The van der Waals surface area contributed by atoms with Crippen LogP contribution in [0.4, 0.5) is 0 Å². The summed E-state index contributed by atoms with van der Waals surface area (Å²) in [5, 5.41) is 3.58. The molecular weight excluding hydrogens is 302 g/mol. The van der Waals surface area contributed by atoms with Gasteiger partial charge in [0.05, 0.1) is 0 Å². The predicted molar refractivity (Wildman–Crippen MR) is 107 cm³/mol. The highest BCUT2D eigenvalue weighted by molar-refractivity contribution is 5.42. The number of rotatable bonds is 2. The van der Waals surface area contributed by atoms with Gasteiger partial charge >= 0.3 is 0 Å². The Hall–Kier alpha value is -0.820. The van der Waals surface area contributed by atoms with Crippen molar-refractivity contribution in [3.8, 4) is 0 Å². The molecule has 0 spiro atoms. The number of nitrogens with one attached hydrogen (secondary N) is 1. The molecule has 3 aliphatic rings. The van der Waals surface area contributed by atoms with Gasteiger partial charge in [0.2, 0.25) is 0 Å². The van der Waals surface area contributed by atoms with Gasteiger partial charge in [-0.1, -0.05) is 52.3 Å². The average Bonchev–Trinajstić information content (AvgIpc) is 2.62. The van der Waals surface area contributed by atoms with Gasteiger partial charge in [-0.15, -0.1) is 0 Å². The maximum absolute atomic E-state index is 3.58. The molecule has 25 heavy (non-hydrogen) atoms. The Kier molecular flexibility index (Phi) is 4.51. The van der Waals surface area contributed by atoms with Gasteiger partial charge in [-0.2, -0.15) is 0 Å². The van der Waals surface area contributed by atoms with Crippen LogP contribution in [-0.4, -0.2) is 13.1 Å². The number of hydrogen-bond donors (Lipinski definition) is 1. The van der Waals surface area contributed by atoms with Crippen LogP contribution in [0.5, 0.6) is 0 Å². The molecule has 1 aliphatic heterocycles. The predicted octanol–water partition coefficient (Wildman–Crippen LogP) is 5.82. The lowest BCUT2D eigenvalue weighted by Crippen LogP contribution is -2.53. The Morgan fingerprint density at radius 1 is 1.04 bits per heavy atom. The van der Waals surface area contributed by atoms with Gasteiger partial charge in [0.15, 0.2) is 0 Å². The molecule has 0 amide bonds. The number of fused-ring (bicyclic) bond motifs is 3. The highest BCUT2D eigenvalue weighted by Gasteiger charge is 2.54.